The van der Waals surface area contributed by atoms with Crippen molar-refractivity contribution >= 4 is 52.5 Å². The molecule has 2 heterocycles. The molecule has 0 fully saturated rings. The van der Waals surface area contributed by atoms with Crippen molar-refractivity contribution in [3.8, 4) is 11.5 Å². The van der Waals surface area contributed by atoms with Gasteiger partial charge in [-0.25, -0.2) is 4.98 Å². The highest BCUT2D eigenvalue weighted by atomic mass is 35.5. The van der Waals surface area contributed by atoms with E-state index in [9.17, 15) is 0 Å². The van der Waals surface area contributed by atoms with Crippen LogP contribution in [0.15, 0.2) is 54.7 Å². The quantitative estimate of drug-likeness (QED) is 0.374. The van der Waals surface area contributed by atoms with Gasteiger partial charge in [-0.15, -0.1) is 24.8 Å². The Hall–Kier alpha value is -2.63. The second-order valence-electron chi connectivity index (χ2n) is 5.15. The third-order valence-corrected chi connectivity index (χ3v) is 3.67. The molecule has 24 heavy (non-hydrogen) atoms. The van der Waals surface area contributed by atoms with Crippen molar-refractivity contribution in [3.05, 3.63) is 60.3 Å². The van der Waals surface area contributed by atoms with Crippen molar-refractivity contribution in [3.63, 3.8) is 0 Å². The molecule has 0 aliphatic heterocycles. The van der Waals surface area contributed by atoms with Crippen molar-refractivity contribution < 1.29 is 0 Å². The third kappa shape index (κ3) is 3.04. The van der Waals surface area contributed by atoms with Gasteiger partial charge in [-0.2, -0.15) is 0 Å². The molecule has 0 aliphatic rings. The van der Waals surface area contributed by atoms with E-state index < -0.39 is 0 Å². The average molecular weight is 360 g/mol. The Labute approximate surface area is 150 Å². The van der Waals surface area contributed by atoms with Crippen LogP contribution >= 0.6 is 24.8 Å². The van der Waals surface area contributed by atoms with Gasteiger partial charge in [-0.05, 0) is 29.7 Å². The Bertz CT molecular complexity index is 1030. The number of nitrogens with zero attached hydrogens (tertiary/aromatic N) is 2. The fourth-order valence-corrected chi connectivity index (χ4v) is 2.51. The summed E-state index contributed by atoms with van der Waals surface area (Å²) in [5.41, 5.74) is 8.66. The highest BCUT2D eigenvalue weighted by Gasteiger charge is 2.08. The number of amidine groups is 1. The van der Waals surface area contributed by atoms with Crippen LogP contribution in [-0.2, 0) is 0 Å². The van der Waals surface area contributed by atoms with E-state index in [0.717, 1.165) is 27.5 Å². The Balaban J connectivity index is 0.00000104. The molecule has 2 aromatic heterocycles. The van der Waals surface area contributed by atoms with E-state index in [-0.39, 0.29) is 30.6 Å². The molecule has 4 N–H and O–H groups in total. The summed E-state index contributed by atoms with van der Waals surface area (Å²) < 4.78 is 0. The van der Waals surface area contributed by atoms with Gasteiger partial charge >= 0.3 is 0 Å². The zero-order valence-corrected chi connectivity index (χ0v) is 14.1. The highest BCUT2D eigenvalue weighted by Crippen LogP contribution is 2.23. The highest BCUT2D eigenvalue weighted by molar-refractivity contribution is 5.98. The number of halogens is 2. The standard InChI is InChI=1S/C17H13N5.2ClH/c18-16(19)11-5-6-13-14(8-11)22-17(21-13)15-7-10-3-1-2-4-12(10)9-20-15;;/h1-9H,(H3,18,19)(H,21,22);2*1H. The minimum Gasteiger partial charge on any atom is -0.384 e. The maximum absolute atomic E-state index is 7.50. The molecule has 5 nitrogen and oxygen atoms in total. The van der Waals surface area contributed by atoms with Gasteiger partial charge in [-0.1, -0.05) is 24.3 Å². The van der Waals surface area contributed by atoms with Gasteiger partial charge in [-0.3, -0.25) is 10.4 Å². The monoisotopic (exact) mass is 359 g/mol. The van der Waals surface area contributed by atoms with E-state index in [1.807, 2.05) is 42.6 Å². The first-order valence-electron chi connectivity index (χ1n) is 6.90. The predicted molar refractivity (Wildman–Crippen MR) is 102 cm³/mol. The van der Waals surface area contributed by atoms with Crippen molar-refractivity contribution in [1.82, 2.24) is 15.0 Å². The van der Waals surface area contributed by atoms with Gasteiger partial charge in [0.25, 0.3) is 0 Å². The Morgan fingerprint density at radius 2 is 1.75 bits per heavy atom. The van der Waals surface area contributed by atoms with Crippen LogP contribution in [0.3, 0.4) is 0 Å². The second-order valence-corrected chi connectivity index (χ2v) is 5.15. The van der Waals surface area contributed by atoms with E-state index in [1.165, 1.54) is 0 Å². The number of nitrogens with one attached hydrogen (secondary N) is 2. The lowest BCUT2D eigenvalue weighted by atomic mass is 10.1. The molecule has 7 heteroatoms. The number of nitrogens with two attached hydrogens (primary N) is 1. The van der Waals surface area contributed by atoms with Gasteiger partial charge in [0.15, 0.2) is 5.82 Å². The number of imidazole rings is 1. The predicted octanol–water partition coefficient (Wildman–Crippen LogP) is 3.91. The zero-order chi connectivity index (χ0) is 15.1. The molecular weight excluding hydrogens is 345 g/mol. The van der Waals surface area contributed by atoms with Crippen LogP contribution in [0.5, 0.6) is 0 Å². The number of benzene rings is 2. The first kappa shape index (κ1) is 17.7. The summed E-state index contributed by atoms with van der Waals surface area (Å²) in [6.45, 7) is 0. The molecule has 2 aromatic carbocycles. The second kappa shape index (κ2) is 6.86. The summed E-state index contributed by atoms with van der Waals surface area (Å²) >= 11 is 0. The van der Waals surface area contributed by atoms with Crippen LogP contribution in [-0.4, -0.2) is 20.8 Å². The summed E-state index contributed by atoms with van der Waals surface area (Å²) in [6.07, 6.45) is 1.85. The lowest BCUT2D eigenvalue weighted by molar-refractivity contribution is 1.25. The number of pyridine rings is 1. The van der Waals surface area contributed by atoms with Crippen LogP contribution in [0.1, 0.15) is 5.56 Å². The summed E-state index contributed by atoms with van der Waals surface area (Å²) in [5.74, 6) is 0.753. The molecule has 4 aromatic rings. The molecular formula is C17H15Cl2N5. The van der Waals surface area contributed by atoms with Crippen LogP contribution in [0.4, 0.5) is 0 Å². The van der Waals surface area contributed by atoms with E-state index in [4.69, 9.17) is 11.1 Å². The van der Waals surface area contributed by atoms with Crippen molar-refractivity contribution in [2.24, 2.45) is 5.73 Å². The molecule has 0 aliphatic carbocycles. The number of aromatic amines is 1. The largest absolute Gasteiger partial charge is 0.384 e. The molecule has 0 amide bonds. The smallest absolute Gasteiger partial charge is 0.157 e. The van der Waals surface area contributed by atoms with Gasteiger partial charge in [0, 0.05) is 17.1 Å². The molecule has 0 saturated carbocycles. The topological polar surface area (TPSA) is 91.4 Å². The van der Waals surface area contributed by atoms with Gasteiger partial charge < -0.3 is 10.7 Å². The lowest BCUT2D eigenvalue weighted by Gasteiger charge is -1.99. The normalized spacial score (nSPS) is 10.2. The van der Waals surface area contributed by atoms with Crippen LogP contribution in [0.2, 0.25) is 0 Å². The third-order valence-electron chi connectivity index (χ3n) is 3.67. The van der Waals surface area contributed by atoms with E-state index in [1.54, 1.807) is 6.07 Å². The van der Waals surface area contributed by atoms with Crippen molar-refractivity contribution in [1.29, 1.82) is 5.41 Å². The molecule has 0 saturated heterocycles. The summed E-state index contributed by atoms with van der Waals surface area (Å²) in [7, 11) is 0. The molecule has 122 valence electrons. The number of H-pyrrole nitrogens is 1. The number of hydrogen-bond acceptors (Lipinski definition) is 3. The Morgan fingerprint density at radius 1 is 1.00 bits per heavy atom. The van der Waals surface area contributed by atoms with Crippen LogP contribution < -0.4 is 5.73 Å². The number of fused-ring (bicyclic) bond motifs is 2. The van der Waals surface area contributed by atoms with Gasteiger partial charge in [0.2, 0.25) is 0 Å². The van der Waals surface area contributed by atoms with E-state index in [0.29, 0.717) is 11.4 Å². The fraction of sp³-hybridized carbons (Fsp3) is 0. The number of rotatable bonds is 2. The number of hydrogen-bond donors (Lipinski definition) is 3. The Kier molecular flexibility index (Phi) is 5.07. The Morgan fingerprint density at radius 3 is 2.50 bits per heavy atom. The van der Waals surface area contributed by atoms with Crippen LogP contribution in [0, 0.1) is 5.41 Å². The molecule has 0 spiro atoms. The summed E-state index contributed by atoms with van der Waals surface area (Å²) in [4.78, 5) is 12.3. The minimum absolute atomic E-state index is 0. The van der Waals surface area contributed by atoms with Crippen molar-refractivity contribution in [2.75, 3.05) is 0 Å². The maximum atomic E-state index is 7.50. The van der Waals surface area contributed by atoms with Crippen molar-refractivity contribution in [2.45, 2.75) is 0 Å². The zero-order valence-electron chi connectivity index (χ0n) is 12.5. The summed E-state index contributed by atoms with van der Waals surface area (Å²) in [5, 5.41) is 9.72. The molecule has 0 bridgehead atoms. The molecule has 0 radical (unpaired) electrons. The van der Waals surface area contributed by atoms with Gasteiger partial charge in [0.05, 0.1) is 11.0 Å². The maximum Gasteiger partial charge on any atom is 0.157 e. The van der Waals surface area contributed by atoms with E-state index >= 15 is 0 Å². The lowest BCUT2D eigenvalue weighted by Crippen LogP contribution is -2.10. The number of nitrogen functional groups attached to an aromatic ring is 1. The van der Waals surface area contributed by atoms with Crippen LogP contribution in [0.25, 0.3) is 33.3 Å². The fourth-order valence-electron chi connectivity index (χ4n) is 2.51. The summed E-state index contributed by atoms with van der Waals surface area (Å²) in [6, 6.07) is 15.6. The minimum atomic E-state index is 0. The first-order valence-corrected chi connectivity index (χ1v) is 6.90. The molecule has 4 rings (SSSR count). The van der Waals surface area contributed by atoms with E-state index in [2.05, 4.69) is 21.0 Å². The SMILES string of the molecule is Cl.Cl.N=C(N)c1ccc2nc(-c3cc4ccccc4cn3)[nH]c2c1. The van der Waals surface area contributed by atoms with Gasteiger partial charge in [0.1, 0.15) is 11.5 Å². The molecule has 0 unspecified atom stereocenters. The average Bonchev–Trinajstić information content (AvgIpc) is 2.97. The first-order chi connectivity index (χ1) is 10.7. The molecule has 0 atom stereocenters. The number of aromatic nitrogens is 3.